The molecule has 110 valence electrons. The van der Waals surface area contributed by atoms with Crippen molar-refractivity contribution in [3.63, 3.8) is 0 Å². The molecule has 5 nitrogen and oxygen atoms in total. The molecule has 1 aliphatic rings. The molecule has 2 unspecified atom stereocenters. The third kappa shape index (κ3) is 3.48. The van der Waals surface area contributed by atoms with Crippen LogP contribution in [0.15, 0.2) is 24.5 Å². The minimum Gasteiger partial charge on any atom is -0.444 e. The average Bonchev–Trinajstić information content (AvgIpc) is 2.82. The Balaban J connectivity index is 2.08. The standard InChI is InChI=1S/C15H22N2O3/c1-15(2,3)20-14(19)17-8-12(10-18)13(9-17)11-4-6-16-7-5-11/h4-7,12-13,18H,8-10H2,1-3H3. The van der Waals surface area contributed by atoms with Crippen LogP contribution in [0.4, 0.5) is 4.79 Å². The van der Waals surface area contributed by atoms with E-state index in [0.717, 1.165) is 5.56 Å². The summed E-state index contributed by atoms with van der Waals surface area (Å²) in [5.74, 6) is 0.181. The second-order valence-electron chi connectivity index (χ2n) is 6.22. The van der Waals surface area contributed by atoms with Gasteiger partial charge in [0.15, 0.2) is 0 Å². The summed E-state index contributed by atoms with van der Waals surface area (Å²) in [6, 6.07) is 3.87. The van der Waals surface area contributed by atoms with Crippen molar-refractivity contribution < 1.29 is 14.6 Å². The number of aromatic nitrogens is 1. The molecule has 0 spiro atoms. The van der Waals surface area contributed by atoms with E-state index in [9.17, 15) is 9.90 Å². The molecule has 1 N–H and O–H groups in total. The monoisotopic (exact) mass is 278 g/mol. The number of pyridine rings is 1. The van der Waals surface area contributed by atoms with E-state index < -0.39 is 5.60 Å². The lowest BCUT2D eigenvalue weighted by Gasteiger charge is -2.24. The van der Waals surface area contributed by atoms with Gasteiger partial charge in [0.1, 0.15) is 5.60 Å². The molecule has 1 amide bonds. The van der Waals surface area contributed by atoms with Crippen molar-refractivity contribution in [1.29, 1.82) is 0 Å². The van der Waals surface area contributed by atoms with Crippen LogP contribution in [0.2, 0.25) is 0 Å². The third-order valence-corrected chi connectivity index (χ3v) is 3.46. The first-order chi connectivity index (χ1) is 9.40. The maximum Gasteiger partial charge on any atom is 0.410 e. The first kappa shape index (κ1) is 14.8. The molecule has 0 radical (unpaired) electrons. The van der Waals surface area contributed by atoms with E-state index in [1.807, 2.05) is 32.9 Å². The largest absolute Gasteiger partial charge is 0.444 e. The van der Waals surface area contributed by atoms with E-state index in [1.54, 1.807) is 17.3 Å². The van der Waals surface area contributed by atoms with Gasteiger partial charge in [-0.05, 0) is 38.5 Å². The van der Waals surface area contributed by atoms with Crippen molar-refractivity contribution in [2.75, 3.05) is 19.7 Å². The summed E-state index contributed by atoms with van der Waals surface area (Å²) >= 11 is 0. The molecule has 5 heteroatoms. The van der Waals surface area contributed by atoms with Crippen LogP contribution in [0.25, 0.3) is 0 Å². The number of carbonyl (C=O) groups is 1. The molecular formula is C15H22N2O3. The lowest BCUT2D eigenvalue weighted by molar-refractivity contribution is 0.0283. The van der Waals surface area contributed by atoms with Gasteiger partial charge in [-0.1, -0.05) is 0 Å². The summed E-state index contributed by atoms with van der Waals surface area (Å²) in [6.07, 6.45) is 3.16. The molecule has 0 saturated carbocycles. The number of hydrogen-bond acceptors (Lipinski definition) is 4. The van der Waals surface area contributed by atoms with Gasteiger partial charge in [-0.3, -0.25) is 4.98 Å². The summed E-state index contributed by atoms with van der Waals surface area (Å²) in [4.78, 5) is 17.8. The topological polar surface area (TPSA) is 62.7 Å². The van der Waals surface area contributed by atoms with Gasteiger partial charge in [0.25, 0.3) is 0 Å². The second kappa shape index (κ2) is 5.79. The van der Waals surface area contributed by atoms with Gasteiger partial charge in [-0.25, -0.2) is 4.79 Å². The Bertz CT molecular complexity index is 456. The predicted molar refractivity (Wildman–Crippen MR) is 75.4 cm³/mol. The lowest BCUT2D eigenvalue weighted by atomic mass is 9.90. The van der Waals surface area contributed by atoms with Crippen molar-refractivity contribution in [1.82, 2.24) is 9.88 Å². The Kier molecular flexibility index (Phi) is 4.28. The van der Waals surface area contributed by atoms with Crippen molar-refractivity contribution in [2.24, 2.45) is 5.92 Å². The van der Waals surface area contributed by atoms with Crippen LogP contribution in [-0.2, 0) is 4.74 Å². The Labute approximate surface area is 119 Å². The SMILES string of the molecule is CC(C)(C)OC(=O)N1CC(CO)C(c2ccncc2)C1. The molecule has 1 aliphatic heterocycles. The Morgan fingerprint density at radius 1 is 1.40 bits per heavy atom. The highest BCUT2D eigenvalue weighted by Crippen LogP contribution is 2.32. The fourth-order valence-electron chi connectivity index (χ4n) is 2.52. The molecule has 2 atom stereocenters. The number of rotatable bonds is 2. The molecule has 0 aromatic carbocycles. The second-order valence-corrected chi connectivity index (χ2v) is 6.22. The third-order valence-electron chi connectivity index (χ3n) is 3.46. The fourth-order valence-corrected chi connectivity index (χ4v) is 2.52. The summed E-state index contributed by atoms with van der Waals surface area (Å²) in [6.45, 7) is 6.72. The normalized spacial score (nSPS) is 22.9. The molecule has 0 bridgehead atoms. The highest BCUT2D eigenvalue weighted by molar-refractivity contribution is 5.68. The molecule has 20 heavy (non-hydrogen) atoms. The lowest BCUT2D eigenvalue weighted by Crippen LogP contribution is -2.35. The maximum atomic E-state index is 12.1. The van der Waals surface area contributed by atoms with Crippen molar-refractivity contribution in [3.8, 4) is 0 Å². The van der Waals surface area contributed by atoms with Gasteiger partial charge in [0.2, 0.25) is 0 Å². The van der Waals surface area contributed by atoms with Gasteiger partial charge >= 0.3 is 6.09 Å². The zero-order valence-electron chi connectivity index (χ0n) is 12.2. The molecule has 1 aromatic heterocycles. The van der Waals surface area contributed by atoms with Crippen molar-refractivity contribution in [3.05, 3.63) is 30.1 Å². The number of likely N-dealkylation sites (tertiary alicyclic amines) is 1. The van der Waals surface area contributed by atoms with E-state index in [-0.39, 0.29) is 24.5 Å². The predicted octanol–water partition coefficient (Wildman–Crippen LogP) is 2.02. The van der Waals surface area contributed by atoms with Gasteiger partial charge in [-0.2, -0.15) is 0 Å². The highest BCUT2D eigenvalue weighted by atomic mass is 16.6. The number of aliphatic hydroxyl groups is 1. The molecular weight excluding hydrogens is 256 g/mol. The Morgan fingerprint density at radius 2 is 2.05 bits per heavy atom. The summed E-state index contributed by atoms with van der Waals surface area (Å²) in [5.41, 5.74) is 0.602. The minimum absolute atomic E-state index is 0.0462. The zero-order valence-corrected chi connectivity index (χ0v) is 12.2. The van der Waals surface area contributed by atoms with Gasteiger partial charge in [0.05, 0.1) is 0 Å². The van der Waals surface area contributed by atoms with E-state index in [1.165, 1.54) is 0 Å². The van der Waals surface area contributed by atoms with Gasteiger partial charge in [0, 0.05) is 43.9 Å². The number of hydrogen-bond donors (Lipinski definition) is 1. The fraction of sp³-hybridized carbons (Fsp3) is 0.600. The quantitative estimate of drug-likeness (QED) is 0.899. The first-order valence-electron chi connectivity index (χ1n) is 6.89. The van der Waals surface area contributed by atoms with Crippen LogP contribution >= 0.6 is 0 Å². The van der Waals surface area contributed by atoms with Crippen LogP contribution in [0.3, 0.4) is 0 Å². The smallest absolute Gasteiger partial charge is 0.410 e. The summed E-state index contributed by atoms with van der Waals surface area (Å²) in [5, 5.41) is 9.54. The van der Waals surface area contributed by atoms with Crippen LogP contribution in [0, 0.1) is 5.92 Å². The van der Waals surface area contributed by atoms with E-state index in [0.29, 0.717) is 13.1 Å². The highest BCUT2D eigenvalue weighted by Gasteiger charge is 2.37. The maximum absolute atomic E-state index is 12.1. The van der Waals surface area contributed by atoms with Crippen LogP contribution in [0.1, 0.15) is 32.3 Å². The molecule has 0 aliphatic carbocycles. The summed E-state index contributed by atoms with van der Waals surface area (Å²) in [7, 11) is 0. The van der Waals surface area contributed by atoms with E-state index in [2.05, 4.69) is 4.98 Å². The van der Waals surface area contributed by atoms with Gasteiger partial charge < -0.3 is 14.7 Å². The van der Waals surface area contributed by atoms with E-state index in [4.69, 9.17) is 4.74 Å². The minimum atomic E-state index is -0.499. The Morgan fingerprint density at radius 3 is 2.60 bits per heavy atom. The number of amides is 1. The number of aliphatic hydroxyl groups excluding tert-OH is 1. The zero-order chi connectivity index (χ0) is 14.8. The molecule has 1 aromatic rings. The van der Waals surface area contributed by atoms with Gasteiger partial charge in [-0.15, -0.1) is 0 Å². The molecule has 2 heterocycles. The van der Waals surface area contributed by atoms with Crippen LogP contribution in [-0.4, -0.2) is 46.4 Å². The molecule has 1 saturated heterocycles. The van der Waals surface area contributed by atoms with Crippen molar-refractivity contribution in [2.45, 2.75) is 32.3 Å². The molecule has 1 fully saturated rings. The van der Waals surface area contributed by atoms with Crippen LogP contribution < -0.4 is 0 Å². The van der Waals surface area contributed by atoms with Crippen molar-refractivity contribution >= 4 is 6.09 Å². The summed E-state index contributed by atoms with van der Waals surface area (Å²) < 4.78 is 5.39. The number of carbonyl (C=O) groups excluding carboxylic acids is 1. The first-order valence-corrected chi connectivity index (χ1v) is 6.89. The number of nitrogens with zero attached hydrogens (tertiary/aromatic N) is 2. The van der Waals surface area contributed by atoms with E-state index >= 15 is 0 Å². The Hall–Kier alpha value is -1.62. The molecule has 2 rings (SSSR count). The average molecular weight is 278 g/mol. The van der Waals surface area contributed by atoms with Crippen LogP contribution in [0.5, 0.6) is 0 Å². The number of ether oxygens (including phenoxy) is 1.